The van der Waals surface area contributed by atoms with E-state index in [-0.39, 0.29) is 0 Å². The number of hydrogen-bond acceptors (Lipinski definition) is 0. The Labute approximate surface area is 159 Å². The molecule has 0 fully saturated rings. The number of rotatable bonds is 18. The molecule has 0 radical (unpaired) electrons. The molecule has 0 nitrogen and oxygen atoms in total. The Morgan fingerprint density at radius 3 is 0.958 bits per heavy atom. The number of hydrogen-bond donors (Lipinski definition) is 0. The summed E-state index contributed by atoms with van der Waals surface area (Å²) in [4.78, 5) is 0. The number of halogens is 1. The molecule has 24 heavy (non-hydrogen) atoms. The average molecular weight is 379 g/mol. The third kappa shape index (κ3) is 22.7. The van der Waals surface area contributed by atoms with Crippen LogP contribution in [0.25, 0.3) is 0 Å². The van der Waals surface area contributed by atoms with E-state index >= 15 is 0 Å². The summed E-state index contributed by atoms with van der Waals surface area (Å²) in [5, 5.41) is 0. The second kappa shape index (κ2) is 14.8. The fourth-order valence-corrected chi connectivity index (χ4v) is 5.02. The van der Waals surface area contributed by atoms with Crippen LogP contribution in [0.4, 0.5) is 0 Å². The molecule has 0 unspecified atom stereocenters. The van der Waals surface area contributed by atoms with E-state index in [0.29, 0.717) is 0 Å². The van der Waals surface area contributed by atoms with Crippen molar-refractivity contribution in [2.45, 2.75) is 116 Å². The Bertz CT molecular complexity index is 258. The van der Waals surface area contributed by atoms with Crippen LogP contribution in [-0.4, -0.2) is 26.2 Å². The van der Waals surface area contributed by atoms with Crippen molar-refractivity contribution in [2.24, 2.45) is 0 Å². The summed E-state index contributed by atoms with van der Waals surface area (Å²) in [7, 11) is 0. The van der Waals surface area contributed by atoms with Crippen LogP contribution in [0.5, 0.6) is 0 Å². The van der Waals surface area contributed by atoms with E-state index in [1.807, 2.05) is 0 Å². The molecule has 0 amide bonds. The summed E-state index contributed by atoms with van der Waals surface area (Å²) in [5.41, 5.74) is 0. The summed E-state index contributed by atoms with van der Waals surface area (Å²) >= 11 is 6.59. The zero-order valence-corrected chi connectivity index (χ0v) is 19.2. The van der Waals surface area contributed by atoms with Crippen LogP contribution in [0.15, 0.2) is 0 Å². The van der Waals surface area contributed by atoms with Gasteiger partial charge in [0, 0.05) is 0 Å². The van der Waals surface area contributed by atoms with E-state index in [2.05, 4.69) is 26.9 Å². The quantitative estimate of drug-likeness (QED) is 0.164. The average Bonchev–Trinajstić information content (AvgIpc) is 2.48. The van der Waals surface area contributed by atoms with Crippen LogP contribution in [-0.2, 0) is 0 Å². The Morgan fingerprint density at radius 2 is 0.708 bits per heavy atom. The van der Waals surface area contributed by atoms with Crippen LogP contribution in [0.3, 0.4) is 0 Å². The fraction of sp³-hybridized carbons (Fsp3) is 1.00. The third-order valence-electron chi connectivity index (χ3n) is 5.02. The van der Waals surface area contributed by atoms with E-state index in [9.17, 15) is 0 Å². The molecule has 0 rings (SSSR count). The van der Waals surface area contributed by atoms with Gasteiger partial charge in [-0.05, 0) is 0 Å². The summed E-state index contributed by atoms with van der Waals surface area (Å²) in [6.07, 6.45) is 25.8. The van der Waals surface area contributed by atoms with Crippen molar-refractivity contribution in [3.8, 4) is 0 Å². The van der Waals surface area contributed by atoms with Gasteiger partial charge in [0.2, 0.25) is 0 Å². The van der Waals surface area contributed by atoms with Gasteiger partial charge >= 0.3 is 114 Å². The summed E-state index contributed by atoms with van der Waals surface area (Å²) in [6, 6.07) is 0. The zero-order chi connectivity index (χ0) is 18.2. The molecular formula is C22H48ClP. The molecule has 0 saturated heterocycles. The Kier molecular flexibility index (Phi) is 15.3. The van der Waals surface area contributed by atoms with Gasteiger partial charge in [-0.1, -0.05) is 45.4 Å². The van der Waals surface area contributed by atoms with E-state index < -0.39 is 5.96 Å². The van der Waals surface area contributed by atoms with Crippen molar-refractivity contribution >= 4 is 17.2 Å². The molecule has 0 aromatic heterocycles. The predicted molar refractivity (Wildman–Crippen MR) is 120 cm³/mol. The van der Waals surface area contributed by atoms with Crippen LogP contribution in [0.2, 0.25) is 0 Å². The Hall–Kier alpha value is 0.720. The van der Waals surface area contributed by atoms with Crippen LogP contribution < -0.4 is 0 Å². The standard InChI is InChI=1S/C22H48ClP/c1-5-6-7-8-9-10-11-12-13-14-15-16-17-18-19-20-21-22-24(2,3,4)23/h5-22H2,1-4H3. The van der Waals surface area contributed by atoms with Gasteiger partial charge in [-0.25, -0.2) is 0 Å². The third-order valence-corrected chi connectivity index (χ3v) is 7.35. The maximum absolute atomic E-state index is 6.59. The minimum absolute atomic E-state index is 1.26. The second-order valence-electron chi connectivity index (χ2n) is 9.30. The normalized spacial score (nSPS) is 13.8. The van der Waals surface area contributed by atoms with Gasteiger partial charge in [-0.15, -0.1) is 0 Å². The minimum atomic E-state index is -1.75. The molecule has 0 bridgehead atoms. The van der Waals surface area contributed by atoms with Crippen molar-refractivity contribution in [3.05, 3.63) is 0 Å². The van der Waals surface area contributed by atoms with E-state index in [4.69, 9.17) is 11.2 Å². The van der Waals surface area contributed by atoms with Crippen LogP contribution >= 0.6 is 17.2 Å². The van der Waals surface area contributed by atoms with Crippen molar-refractivity contribution in [1.82, 2.24) is 0 Å². The van der Waals surface area contributed by atoms with Gasteiger partial charge < -0.3 is 0 Å². The van der Waals surface area contributed by atoms with Gasteiger partial charge in [-0.2, -0.15) is 0 Å². The number of unbranched alkanes of at least 4 members (excludes halogenated alkanes) is 16. The first-order chi connectivity index (χ1) is 11.3. The summed E-state index contributed by atoms with van der Waals surface area (Å²) in [5.74, 6) is -1.75. The molecule has 0 aliphatic carbocycles. The van der Waals surface area contributed by atoms with Crippen molar-refractivity contribution < 1.29 is 0 Å². The van der Waals surface area contributed by atoms with Crippen LogP contribution in [0, 0.1) is 0 Å². The van der Waals surface area contributed by atoms with Crippen molar-refractivity contribution in [2.75, 3.05) is 26.2 Å². The SMILES string of the molecule is CCCCCCCCCCCCCCCCCCCP(C)(C)(C)Cl. The van der Waals surface area contributed by atoms with Crippen molar-refractivity contribution in [3.63, 3.8) is 0 Å². The molecule has 0 N–H and O–H groups in total. The molecule has 0 saturated carbocycles. The molecule has 0 aromatic carbocycles. The van der Waals surface area contributed by atoms with Crippen molar-refractivity contribution in [1.29, 1.82) is 0 Å². The van der Waals surface area contributed by atoms with E-state index in [0.717, 1.165) is 0 Å². The van der Waals surface area contributed by atoms with Gasteiger partial charge in [0.15, 0.2) is 0 Å². The zero-order valence-electron chi connectivity index (χ0n) is 17.6. The predicted octanol–water partition coefficient (Wildman–Crippen LogP) is 9.23. The fourth-order valence-electron chi connectivity index (χ4n) is 3.37. The van der Waals surface area contributed by atoms with E-state index in [1.165, 1.54) is 115 Å². The van der Waals surface area contributed by atoms with Gasteiger partial charge in [-0.3, -0.25) is 0 Å². The molecule has 0 aromatic rings. The van der Waals surface area contributed by atoms with Gasteiger partial charge in [0.1, 0.15) is 0 Å². The first kappa shape index (κ1) is 24.7. The van der Waals surface area contributed by atoms with Gasteiger partial charge in [0.25, 0.3) is 0 Å². The second-order valence-corrected chi connectivity index (χ2v) is 19.3. The molecule has 0 atom stereocenters. The molecule has 0 heterocycles. The molecule has 0 spiro atoms. The van der Waals surface area contributed by atoms with E-state index in [1.54, 1.807) is 0 Å². The summed E-state index contributed by atoms with van der Waals surface area (Å²) < 4.78 is 0. The molecule has 2 heteroatoms. The van der Waals surface area contributed by atoms with Crippen LogP contribution in [0.1, 0.15) is 116 Å². The monoisotopic (exact) mass is 378 g/mol. The summed E-state index contributed by atoms with van der Waals surface area (Å²) in [6.45, 7) is 9.13. The Morgan fingerprint density at radius 1 is 0.458 bits per heavy atom. The molecule has 0 aliphatic heterocycles. The van der Waals surface area contributed by atoms with Gasteiger partial charge in [0.05, 0.1) is 0 Å². The molecule has 148 valence electrons. The Balaban J connectivity index is 3.08. The first-order valence-electron chi connectivity index (χ1n) is 11.0. The molecular weight excluding hydrogens is 331 g/mol. The molecule has 0 aliphatic rings. The first-order valence-corrected chi connectivity index (χ1v) is 15.7. The topological polar surface area (TPSA) is 0 Å². The maximum atomic E-state index is 6.59.